The van der Waals surface area contributed by atoms with Crippen LogP contribution in [0.5, 0.6) is 0 Å². The van der Waals surface area contributed by atoms with Crippen LogP contribution in [0.3, 0.4) is 0 Å². The van der Waals surface area contributed by atoms with E-state index in [9.17, 15) is 0 Å². The third-order valence-corrected chi connectivity index (χ3v) is 3.30. The molecule has 0 aromatic rings. The van der Waals surface area contributed by atoms with Crippen LogP contribution in [0.25, 0.3) is 0 Å². The van der Waals surface area contributed by atoms with E-state index in [1.807, 2.05) is 0 Å². The molecule has 0 aliphatic carbocycles. The molecule has 1 fully saturated rings. The Morgan fingerprint density at radius 1 is 1.46 bits per heavy atom. The highest BCUT2D eigenvalue weighted by Gasteiger charge is 2.37. The van der Waals surface area contributed by atoms with Gasteiger partial charge in [-0.05, 0) is 18.8 Å². The lowest BCUT2D eigenvalue weighted by molar-refractivity contribution is -0.143. The summed E-state index contributed by atoms with van der Waals surface area (Å²) >= 11 is 0. The monoisotopic (exact) mass is 185 g/mol. The largest absolute Gasteiger partial charge is 0.369 e. The lowest BCUT2D eigenvalue weighted by Crippen LogP contribution is -2.56. The SMILES string of the molecule is CCC1CNCC(CC)(C(C)C)O1. The molecule has 2 nitrogen and oxygen atoms in total. The van der Waals surface area contributed by atoms with Gasteiger partial charge < -0.3 is 10.1 Å². The van der Waals surface area contributed by atoms with E-state index in [-0.39, 0.29) is 5.60 Å². The minimum absolute atomic E-state index is 0.0823. The van der Waals surface area contributed by atoms with Crippen molar-refractivity contribution in [2.75, 3.05) is 13.1 Å². The molecule has 0 bridgehead atoms. The van der Waals surface area contributed by atoms with Crippen molar-refractivity contribution in [1.29, 1.82) is 0 Å². The molecule has 1 saturated heterocycles. The first kappa shape index (κ1) is 11.0. The summed E-state index contributed by atoms with van der Waals surface area (Å²) in [6.45, 7) is 11.0. The van der Waals surface area contributed by atoms with Crippen LogP contribution in [-0.4, -0.2) is 24.8 Å². The van der Waals surface area contributed by atoms with E-state index in [4.69, 9.17) is 4.74 Å². The third-order valence-electron chi connectivity index (χ3n) is 3.30. The van der Waals surface area contributed by atoms with Gasteiger partial charge in [-0.3, -0.25) is 0 Å². The van der Waals surface area contributed by atoms with Gasteiger partial charge in [0, 0.05) is 13.1 Å². The van der Waals surface area contributed by atoms with E-state index in [0.29, 0.717) is 12.0 Å². The van der Waals surface area contributed by atoms with Crippen LogP contribution in [0.2, 0.25) is 0 Å². The highest BCUT2D eigenvalue weighted by Crippen LogP contribution is 2.29. The zero-order chi connectivity index (χ0) is 9.90. The number of nitrogens with one attached hydrogen (secondary N) is 1. The maximum atomic E-state index is 6.17. The highest BCUT2D eigenvalue weighted by molar-refractivity contribution is 4.90. The second-order valence-electron chi connectivity index (χ2n) is 4.35. The van der Waals surface area contributed by atoms with Gasteiger partial charge in [-0.25, -0.2) is 0 Å². The molecule has 2 heteroatoms. The predicted molar refractivity (Wildman–Crippen MR) is 55.9 cm³/mol. The van der Waals surface area contributed by atoms with Crippen LogP contribution in [0, 0.1) is 5.92 Å². The fourth-order valence-electron chi connectivity index (χ4n) is 2.04. The van der Waals surface area contributed by atoms with Gasteiger partial charge in [0.1, 0.15) is 0 Å². The van der Waals surface area contributed by atoms with Crippen LogP contribution in [0.1, 0.15) is 40.5 Å². The average molecular weight is 185 g/mol. The van der Waals surface area contributed by atoms with Gasteiger partial charge in [0.05, 0.1) is 11.7 Å². The van der Waals surface area contributed by atoms with Crippen molar-refractivity contribution in [2.24, 2.45) is 5.92 Å². The molecule has 1 rings (SSSR count). The molecular formula is C11H23NO. The summed E-state index contributed by atoms with van der Waals surface area (Å²) in [4.78, 5) is 0. The molecular weight excluding hydrogens is 162 g/mol. The molecule has 1 N–H and O–H groups in total. The molecule has 2 unspecified atom stereocenters. The highest BCUT2D eigenvalue weighted by atomic mass is 16.5. The number of ether oxygens (including phenoxy) is 1. The summed E-state index contributed by atoms with van der Waals surface area (Å²) in [5, 5.41) is 3.48. The van der Waals surface area contributed by atoms with Crippen molar-refractivity contribution >= 4 is 0 Å². The fourth-order valence-corrected chi connectivity index (χ4v) is 2.04. The summed E-state index contributed by atoms with van der Waals surface area (Å²) in [5.41, 5.74) is 0.0823. The van der Waals surface area contributed by atoms with Crippen molar-refractivity contribution in [3.05, 3.63) is 0 Å². The molecule has 0 spiro atoms. The summed E-state index contributed by atoms with van der Waals surface area (Å²) in [5.74, 6) is 0.597. The lowest BCUT2D eigenvalue weighted by Gasteiger charge is -2.44. The molecule has 0 aromatic carbocycles. The zero-order valence-electron chi connectivity index (χ0n) is 9.39. The van der Waals surface area contributed by atoms with Crippen molar-refractivity contribution in [3.63, 3.8) is 0 Å². The van der Waals surface area contributed by atoms with E-state index in [1.54, 1.807) is 0 Å². The van der Waals surface area contributed by atoms with E-state index in [0.717, 1.165) is 25.9 Å². The Balaban J connectivity index is 2.64. The Hall–Kier alpha value is -0.0800. The van der Waals surface area contributed by atoms with Crippen LogP contribution >= 0.6 is 0 Å². The Morgan fingerprint density at radius 3 is 2.62 bits per heavy atom. The third kappa shape index (κ3) is 2.23. The van der Waals surface area contributed by atoms with Crippen molar-refractivity contribution < 1.29 is 4.74 Å². The summed E-state index contributed by atoms with van der Waals surface area (Å²) in [7, 11) is 0. The fraction of sp³-hybridized carbons (Fsp3) is 1.00. The van der Waals surface area contributed by atoms with Crippen molar-refractivity contribution in [1.82, 2.24) is 5.32 Å². The zero-order valence-corrected chi connectivity index (χ0v) is 9.39. The summed E-state index contributed by atoms with van der Waals surface area (Å²) in [6.07, 6.45) is 2.63. The van der Waals surface area contributed by atoms with Gasteiger partial charge in [0.2, 0.25) is 0 Å². The predicted octanol–water partition coefficient (Wildman–Crippen LogP) is 2.19. The van der Waals surface area contributed by atoms with Gasteiger partial charge in [-0.15, -0.1) is 0 Å². The minimum Gasteiger partial charge on any atom is -0.369 e. The smallest absolute Gasteiger partial charge is 0.0830 e. The van der Waals surface area contributed by atoms with Crippen LogP contribution in [0.15, 0.2) is 0 Å². The first-order valence-electron chi connectivity index (χ1n) is 5.53. The molecule has 0 radical (unpaired) electrons. The summed E-state index contributed by atoms with van der Waals surface area (Å²) < 4.78 is 6.17. The topological polar surface area (TPSA) is 21.3 Å². The van der Waals surface area contributed by atoms with E-state index in [2.05, 4.69) is 33.0 Å². The first-order valence-corrected chi connectivity index (χ1v) is 5.53. The molecule has 0 amide bonds. The quantitative estimate of drug-likeness (QED) is 0.727. The molecule has 1 heterocycles. The Bertz CT molecular complexity index is 158. The molecule has 1 aliphatic heterocycles. The maximum Gasteiger partial charge on any atom is 0.0830 e. The van der Waals surface area contributed by atoms with E-state index < -0.39 is 0 Å². The van der Waals surface area contributed by atoms with Gasteiger partial charge in [0.25, 0.3) is 0 Å². The van der Waals surface area contributed by atoms with E-state index in [1.165, 1.54) is 0 Å². The molecule has 0 aromatic heterocycles. The molecule has 78 valence electrons. The minimum atomic E-state index is 0.0823. The number of rotatable bonds is 3. The van der Waals surface area contributed by atoms with Gasteiger partial charge in [0.15, 0.2) is 0 Å². The standard InChI is InChI=1S/C11H23NO/c1-5-10-7-12-8-11(6-2,13-10)9(3)4/h9-10,12H,5-8H2,1-4H3. The number of hydrogen-bond acceptors (Lipinski definition) is 2. The van der Waals surface area contributed by atoms with Crippen molar-refractivity contribution in [3.8, 4) is 0 Å². The van der Waals surface area contributed by atoms with E-state index >= 15 is 0 Å². The number of morpholine rings is 1. The molecule has 2 atom stereocenters. The normalized spacial score (nSPS) is 35.3. The maximum absolute atomic E-state index is 6.17. The van der Waals surface area contributed by atoms with Gasteiger partial charge >= 0.3 is 0 Å². The summed E-state index contributed by atoms with van der Waals surface area (Å²) in [6, 6.07) is 0. The second kappa shape index (κ2) is 4.43. The second-order valence-corrected chi connectivity index (χ2v) is 4.35. The lowest BCUT2D eigenvalue weighted by atomic mass is 9.86. The Morgan fingerprint density at radius 2 is 2.15 bits per heavy atom. The molecule has 0 saturated carbocycles. The average Bonchev–Trinajstić information content (AvgIpc) is 2.17. The Labute approximate surface area is 82.0 Å². The van der Waals surface area contributed by atoms with Crippen molar-refractivity contribution in [2.45, 2.75) is 52.2 Å². The number of hydrogen-bond donors (Lipinski definition) is 1. The Kier molecular flexibility index (Phi) is 3.74. The van der Waals surface area contributed by atoms with Crippen LogP contribution < -0.4 is 5.32 Å². The van der Waals surface area contributed by atoms with Gasteiger partial charge in [-0.2, -0.15) is 0 Å². The van der Waals surface area contributed by atoms with Crippen LogP contribution in [-0.2, 0) is 4.74 Å². The molecule has 13 heavy (non-hydrogen) atoms. The van der Waals surface area contributed by atoms with Gasteiger partial charge in [-0.1, -0.05) is 27.7 Å². The van der Waals surface area contributed by atoms with Crippen LogP contribution in [0.4, 0.5) is 0 Å². The first-order chi connectivity index (χ1) is 6.14. The molecule has 1 aliphatic rings.